The second kappa shape index (κ2) is 6.13. The van der Waals surface area contributed by atoms with Crippen LogP contribution in [0, 0.1) is 5.92 Å². The Balaban J connectivity index is 1.75. The number of ether oxygens (including phenoxy) is 1. The van der Waals surface area contributed by atoms with Gasteiger partial charge in [-0.05, 0) is 64.7 Å². The maximum atomic E-state index is 6.64. The van der Waals surface area contributed by atoms with Gasteiger partial charge in [-0.2, -0.15) is 0 Å². The molecule has 0 bridgehead atoms. The highest BCUT2D eigenvalue weighted by atomic mass is 16.5. The molecule has 1 atom stereocenters. The summed E-state index contributed by atoms with van der Waals surface area (Å²) in [6.45, 7) is 6.70. The van der Waals surface area contributed by atoms with Crippen molar-refractivity contribution in [1.29, 1.82) is 0 Å². The van der Waals surface area contributed by atoms with Crippen molar-refractivity contribution in [2.75, 3.05) is 0 Å². The molecule has 0 aromatic carbocycles. The van der Waals surface area contributed by atoms with Crippen molar-refractivity contribution in [1.82, 2.24) is 0 Å². The highest BCUT2D eigenvalue weighted by Crippen LogP contribution is 2.39. The molecule has 0 aromatic heterocycles. The minimum atomic E-state index is 0.0633. The molecule has 19 heavy (non-hydrogen) atoms. The molecular formula is C17H33NO. The van der Waals surface area contributed by atoms with Crippen molar-refractivity contribution in [2.45, 2.75) is 102 Å². The maximum Gasteiger partial charge on any atom is 0.0631 e. The predicted octanol–water partition coefficient (Wildman–Crippen LogP) is 4.41. The minimum Gasteiger partial charge on any atom is -0.372 e. The molecular weight excluding hydrogens is 234 g/mol. The summed E-state index contributed by atoms with van der Waals surface area (Å²) < 4.78 is 6.13. The molecule has 112 valence electrons. The summed E-state index contributed by atoms with van der Waals surface area (Å²) in [5.74, 6) is 0.942. The number of hydrogen-bond acceptors (Lipinski definition) is 2. The normalized spacial score (nSPS) is 38.5. The lowest BCUT2D eigenvalue weighted by Gasteiger charge is -2.39. The molecule has 2 fully saturated rings. The first-order valence-electron chi connectivity index (χ1n) is 8.39. The highest BCUT2D eigenvalue weighted by molar-refractivity contribution is 4.94. The van der Waals surface area contributed by atoms with Gasteiger partial charge < -0.3 is 10.5 Å². The van der Waals surface area contributed by atoms with E-state index in [9.17, 15) is 0 Å². The van der Waals surface area contributed by atoms with Crippen LogP contribution >= 0.6 is 0 Å². The lowest BCUT2D eigenvalue weighted by molar-refractivity contribution is -0.0306. The van der Waals surface area contributed by atoms with Gasteiger partial charge in [0.25, 0.3) is 0 Å². The average Bonchev–Trinajstić information content (AvgIpc) is 2.67. The van der Waals surface area contributed by atoms with E-state index in [0.29, 0.717) is 6.10 Å². The Morgan fingerprint density at radius 1 is 1.11 bits per heavy atom. The fourth-order valence-electron chi connectivity index (χ4n) is 3.91. The van der Waals surface area contributed by atoms with E-state index in [4.69, 9.17) is 10.5 Å². The largest absolute Gasteiger partial charge is 0.372 e. The zero-order chi connectivity index (χ0) is 13.9. The van der Waals surface area contributed by atoms with Gasteiger partial charge in [0.05, 0.1) is 11.7 Å². The van der Waals surface area contributed by atoms with E-state index < -0.39 is 0 Å². The number of hydrogen-bond donors (Lipinski definition) is 1. The van der Waals surface area contributed by atoms with Crippen LogP contribution in [0.25, 0.3) is 0 Å². The molecule has 1 saturated carbocycles. The second-order valence-corrected chi connectivity index (χ2v) is 7.69. The lowest BCUT2D eigenvalue weighted by atomic mass is 9.73. The van der Waals surface area contributed by atoms with Crippen LogP contribution in [0.3, 0.4) is 0 Å². The SMILES string of the molecule is CCCCC1CCC(N)(CC2CCC(C)(C)O2)CC1. The monoisotopic (exact) mass is 267 g/mol. The van der Waals surface area contributed by atoms with Crippen molar-refractivity contribution in [3.05, 3.63) is 0 Å². The smallest absolute Gasteiger partial charge is 0.0631 e. The summed E-state index contributed by atoms with van der Waals surface area (Å²) in [7, 11) is 0. The first-order chi connectivity index (χ1) is 8.92. The third-order valence-corrected chi connectivity index (χ3v) is 5.26. The average molecular weight is 267 g/mol. The summed E-state index contributed by atoms with van der Waals surface area (Å²) in [6.07, 6.45) is 13.1. The standard InChI is InChI=1S/C17H33NO/c1-4-5-6-14-7-11-17(18,12-8-14)13-15-9-10-16(2,3)19-15/h14-15H,4-13,18H2,1-3H3. The number of nitrogens with two attached hydrogens (primary N) is 1. The van der Waals surface area contributed by atoms with Crippen molar-refractivity contribution >= 4 is 0 Å². The third-order valence-electron chi connectivity index (χ3n) is 5.26. The molecule has 0 spiro atoms. The van der Waals surface area contributed by atoms with Gasteiger partial charge in [0.2, 0.25) is 0 Å². The van der Waals surface area contributed by atoms with Crippen LogP contribution < -0.4 is 5.73 Å². The van der Waals surface area contributed by atoms with Crippen LogP contribution in [0.5, 0.6) is 0 Å². The predicted molar refractivity (Wildman–Crippen MR) is 81.2 cm³/mol. The van der Waals surface area contributed by atoms with Crippen LogP contribution in [0.4, 0.5) is 0 Å². The van der Waals surface area contributed by atoms with E-state index in [-0.39, 0.29) is 11.1 Å². The van der Waals surface area contributed by atoms with E-state index in [1.54, 1.807) is 0 Å². The number of rotatable bonds is 5. The molecule has 0 radical (unpaired) electrons. The summed E-state index contributed by atoms with van der Waals surface area (Å²) in [6, 6.07) is 0. The van der Waals surface area contributed by atoms with Crippen molar-refractivity contribution in [3.8, 4) is 0 Å². The van der Waals surface area contributed by atoms with Crippen molar-refractivity contribution < 1.29 is 4.74 Å². The van der Waals surface area contributed by atoms with E-state index in [0.717, 1.165) is 12.3 Å². The Labute approximate surface area is 119 Å². The van der Waals surface area contributed by atoms with Crippen LogP contribution in [0.15, 0.2) is 0 Å². The minimum absolute atomic E-state index is 0.0633. The Morgan fingerprint density at radius 3 is 2.32 bits per heavy atom. The van der Waals surface area contributed by atoms with Gasteiger partial charge in [-0.15, -0.1) is 0 Å². The zero-order valence-corrected chi connectivity index (χ0v) is 13.2. The van der Waals surface area contributed by atoms with Crippen molar-refractivity contribution in [2.24, 2.45) is 11.7 Å². The fraction of sp³-hybridized carbons (Fsp3) is 1.00. The lowest BCUT2D eigenvalue weighted by Crippen LogP contribution is -2.46. The maximum absolute atomic E-state index is 6.64. The first kappa shape index (κ1) is 15.3. The molecule has 1 unspecified atom stereocenters. The van der Waals surface area contributed by atoms with Crippen LogP contribution in [0.1, 0.15) is 85.0 Å². The third kappa shape index (κ3) is 4.46. The molecule has 0 amide bonds. The van der Waals surface area contributed by atoms with Gasteiger partial charge >= 0.3 is 0 Å². The Hall–Kier alpha value is -0.0800. The topological polar surface area (TPSA) is 35.2 Å². The van der Waals surface area contributed by atoms with E-state index in [1.165, 1.54) is 57.8 Å². The molecule has 2 heteroatoms. The molecule has 1 heterocycles. The molecule has 2 N–H and O–H groups in total. The molecule has 1 saturated heterocycles. The summed E-state index contributed by atoms with van der Waals surface area (Å²) in [5, 5.41) is 0. The van der Waals surface area contributed by atoms with Gasteiger partial charge in [-0.25, -0.2) is 0 Å². The van der Waals surface area contributed by atoms with Gasteiger partial charge in [-0.1, -0.05) is 26.2 Å². The van der Waals surface area contributed by atoms with Crippen LogP contribution in [0.2, 0.25) is 0 Å². The molecule has 1 aliphatic carbocycles. The van der Waals surface area contributed by atoms with E-state index in [1.807, 2.05) is 0 Å². The molecule has 2 aliphatic rings. The van der Waals surface area contributed by atoms with Gasteiger partial charge in [0, 0.05) is 5.54 Å². The van der Waals surface area contributed by atoms with Crippen LogP contribution in [-0.4, -0.2) is 17.2 Å². The van der Waals surface area contributed by atoms with Crippen molar-refractivity contribution in [3.63, 3.8) is 0 Å². The zero-order valence-electron chi connectivity index (χ0n) is 13.2. The molecule has 0 aromatic rings. The highest BCUT2D eigenvalue weighted by Gasteiger charge is 2.38. The molecule has 1 aliphatic heterocycles. The molecule has 2 rings (SSSR count). The summed E-state index contributed by atoms with van der Waals surface area (Å²) in [4.78, 5) is 0. The Kier molecular flexibility index (Phi) is 4.94. The Bertz CT molecular complexity index is 279. The Morgan fingerprint density at radius 2 is 1.79 bits per heavy atom. The quantitative estimate of drug-likeness (QED) is 0.800. The van der Waals surface area contributed by atoms with Gasteiger partial charge in [0.1, 0.15) is 0 Å². The number of unbranched alkanes of at least 4 members (excludes halogenated alkanes) is 1. The second-order valence-electron chi connectivity index (χ2n) is 7.69. The fourth-order valence-corrected chi connectivity index (χ4v) is 3.91. The van der Waals surface area contributed by atoms with Gasteiger partial charge in [-0.3, -0.25) is 0 Å². The first-order valence-corrected chi connectivity index (χ1v) is 8.39. The molecule has 2 nitrogen and oxygen atoms in total. The van der Waals surface area contributed by atoms with E-state index in [2.05, 4.69) is 20.8 Å². The van der Waals surface area contributed by atoms with Crippen LogP contribution in [-0.2, 0) is 4.74 Å². The van der Waals surface area contributed by atoms with Gasteiger partial charge in [0.15, 0.2) is 0 Å². The van der Waals surface area contributed by atoms with E-state index >= 15 is 0 Å². The summed E-state index contributed by atoms with van der Waals surface area (Å²) in [5.41, 5.74) is 6.78. The summed E-state index contributed by atoms with van der Waals surface area (Å²) >= 11 is 0.